The molecule has 4 heteroatoms. The van der Waals surface area contributed by atoms with Gasteiger partial charge in [-0.05, 0) is 17.7 Å². The van der Waals surface area contributed by atoms with Gasteiger partial charge in [-0.15, -0.1) is 0 Å². The Kier molecular flexibility index (Phi) is 3.35. The van der Waals surface area contributed by atoms with Gasteiger partial charge in [0.25, 0.3) is 0 Å². The molecule has 0 unspecified atom stereocenters. The molecule has 17 heavy (non-hydrogen) atoms. The van der Waals surface area contributed by atoms with Crippen LogP contribution in [0.5, 0.6) is 0 Å². The van der Waals surface area contributed by atoms with Gasteiger partial charge < -0.3 is 9.67 Å². The molecule has 0 saturated carbocycles. The summed E-state index contributed by atoms with van der Waals surface area (Å²) in [7, 11) is 0. The third kappa shape index (κ3) is 3.04. The Bertz CT molecular complexity index is 513. The fourth-order valence-electron chi connectivity index (χ4n) is 1.44. The molecule has 1 aromatic carbocycles. The molecule has 1 N–H and O–H groups in total. The lowest BCUT2D eigenvalue weighted by molar-refractivity contribution is 0.0697. The predicted molar refractivity (Wildman–Crippen MR) is 64.7 cm³/mol. The van der Waals surface area contributed by atoms with E-state index in [1.165, 1.54) is 0 Å². The molecule has 0 amide bonds. The molecule has 2 rings (SSSR count). The molecule has 0 atom stereocenters. The van der Waals surface area contributed by atoms with Crippen molar-refractivity contribution in [1.82, 2.24) is 9.55 Å². The highest BCUT2D eigenvalue weighted by Crippen LogP contribution is 2.06. The maximum atomic E-state index is 10.7. The maximum absolute atomic E-state index is 10.7. The topological polar surface area (TPSA) is 55.1 Å². The standard InChI is InChI=1S/C13H12N2O2/c16-13(17)12-5-3-11(4-6-12)2-1-8-15-9-7-14-10-15/h1-7,9-10H,8H2,(H,16,17)/b2-1+. The van der Waals surface area contributed by atoms with E-state index in [0.29, 0.717) is 5.56 Å². The summed E-state index contributed by atoms with van der Waals surface area (Å²) in [6, 6.07) is 6.76. The van der Waals surface area contributed by atoms with Crippen LogP contribution >= 0.6 is 0 Å². The van der Waals surface area contributed by atoms with Crippen molar-refractivity contribution in [1.29, 1.82) is 0 Å². The summed E-state index contributed by atoms with van der Waals surface area (Å²) < 4.78 is 1.95. The minimum atomic E-state index is -0.904. The van der Waals surface area contributed by atoms with Crippen LogP contribution in [0.4, 0.5) is 0 Å². The van der Waals surface area contributed by atoms with E-state index in [1.54, 1.807) is 36.8 Å². The van der Waals surface area contributed by atoms with Crippen LogP contribution < -0.4 is 0 Å². The quantitative estimate of drug-likeness (QED) is 0.873. The van der Waals surface area contributed by atoms with E-state index in [9.17, 15) is 4.79 Å². The van der Waals surface area contributed by atoms with Crippen LogP contribution in [-0.2, 0) is 6.54 Å². The maximum Gasteiger partial charge on any atom is 0.335 e. The van der Waals surface area contributed by atoms with Crippen LogP contribution in [0.15, 0.2) is 49.1 Å². The predicted octanol–water partition coefficient (Wildman–Crippen LogP) is 2.29. The van der Waals surface area contributed by atoms with E-state index in [-0.39, 0.29) is 0 Å². The van der Waals surface area contributed by atoms with Gasteiger partial charge in [0.05, 0.1) is 11.9 Å². The van der Waals surface area contributed by atoms with Gasteiger partial charge in [0, 0.05) is 18.9 Å². The molecule has 0 aliphatic heterocycles. The van der Waals surface area contributed by atoms with Crippen molar-refractivity contribution < 1.29 is 9.90 Å². The first-order valence-electron chi connectivity index (χ1n) is 5.21. The van der Waals surface area contributed by atoms with E-state index in [2.05, 4.69) is 4.98 Å². The summed E-state index contributed by atoms with van der Waals surface area (Å²) in [6.45, 7) is 0.751. The Morgan fingerprint density at radius 1 is 1.35 bits per heavy atom. The van der Waals surface area contributed by atoms with E-state index < -0.39 is 5.97 Å². The summed E-state index contributed by atoms with van der Waals surface area (Å²) >= 11 is 0. The van der Waals surface area contributed by atoms with Crippen molar-refractivity contribution >= 4 is 12.0 Å². The molecule has 0 aliphatic rings. The average Bonchev–Trinajstić information content (AvgIpc) is 2.83. The Morgan fingerprint density at radius 3 is 2.71 bits per heavy atom. The Morgan fingerprint density at radius 2 is 2.12 bits per heavy atom. The van der Waals surface area contributed by atoms with Gasteiger partial charge in [0.15, 0.2) is 0 Å². The first kappa shape index (κ1) is 11.1. The second kappa shape index (κ2) is 5.12. The number of aromatic carboxylic acids is 1. The zero-order valence-corrected chi connectivity index (χ0v) is 9.15. The van der Waals surface area contributed by atoms with Gasteiger partial charge in [-0.2, -0.15) is 0 Å². The average molecular weight is 228 g/mol. The number of hydrogen-bond acceptors (Lipinski definition) is 2. The highest BCUT2D eigenvalue weighted by molar-refractivity contribution is 5.87. The number of aromatic nitrogens is 2. The highest BCUT2D eigenvalue weighted by atomic mass is 16.4. The number of rotatable bonds is 4. The van der Waals surface area contributed by atoms with E-state index in [1.807, 2.05) is 22.9 Å². The lowest BCUT2D eigenvalue weighted by Gasteiger charge is -1.97. The number of allylic oxidation sites excluding steroid dienone is 1. The summed E-state index contributed by atoms with van der Waals surface area (Å²) in [6.07, 6.45) is 9.31. The minimum Gasteiger partial charge on any atom is -0.478 e. The molecule has 2 aromatic rings. The van der Waals surface area contributed by atoms with Gasteiger partial charge in [-0.3, -0.25) is 0 Å². The number of benzene rings is 1. The molecule has 0 aliphatic carbocycles. The monoisotopic (exact) mass is 228 g/mol. The summed E-state index contributed by atoms with van der Waals surface area (Å²) in [4.78, 5) is 14.6. The Hall–Kier alpha value is -2.36. The van der Waals surface area contributed by atoms with Crippen molar-refractivity contribution in [2.45, 2.75) is 6.54 Å². The van der Waals surface area contributed by atoms with Crippen LogP contribution in [0, 0.1) is 0 Å². The van der Waals surface area contributed by atoms with Crippen molar-refractivity contribution in [3.05, 3.63) is 60.2 Å². The fraction of sp³-hybridized carbons (Fsp3) is 0.0769. The zero-order chi connectivity index (χ0) is 12.1. The normalized spacial score (nSPS) is 10.8. The molecule has 86 valence electrons. The number of carbonyl (C=O) groups is 1. The fourth-order valence-corrected chi connectivity index (χ4v) is 1.44. The molecule has 0 radical (unpaired) electrons. The van der Waals surface area contributed by atoms with Gasteiger partial charge in [-0.25, -0.2) is 9.78 Å². The smallest absolute Gasteiger partial charge is 0.335 e. The SMILES string of the molecule is O=C(O)c1ccc(/C=C/Cn2ccnc2)cc1. The Balaban J connectivity index is 1.99. The molecule has 0 saturated heterocycles. The van der Waals surface area contributed by atoms with Gasteiger partial charge in [0.1, 0.15) is 0 Å². The lowest BCUT2D eigenvalue weighted by atomic mass is 10.1. The first-order chi connectivity index (χ1) is 8.25. The van der Waals surface area contributed by atoms with Crippen molar-refractivity contribution in [3.63, 3.8) is 0 Å². The largest absolute Gasteiger partial charge is 0.478 e. The molecule has 0 bridgehead atoms. The molecule has 0 spiro atoms. The summed E-state index contributed by atoms with van der Waals surface area (Å²) in [5, 5.41) is 8.75. The molecular weight excluding hydrogens is 216 g/mol. The third-order valence-electron chi connectivity index (χ3n) is 2.34. The molecule has 4 nitrogen and oxygen atoms in total. The van der Waals surface area contributed by atoms with Crippen molar-refractivity contribution in [2.75, 3.05) is 0 Å². The minimum absolute atomic E-state index is 0.303. The van der Waals surface area contributed by atoms with E-state index >= 15 is 0 Å². The molecular formula is C13H12N2O2. The zero-order valence-electron chi connectivity index (χ0n) is 9.15. The van der Waals surface area contributed by atoms with E-state index in [0.717, 1.165) is 12.1 Å². The van der Waals surface area contributed by atoms with Crippen LogP contribution in [0.1, 0.15) is 15.9 Å². The summed E-state index contributed by atoms with van der Waals surface area (Å²) in [5.74, 6) is -0.904. The number of imidazole rings is 1. The molecule has 1 aromatic heterocycles. The number of carboxylic acids is 1. The second-order valence-corrected chi connectivity index (χ2v) is 3.59. The van der Waals surface area contributed by atoms with E-state index in [4.69, 9.17) is 5.11 Å². The second-order valence-electron chi connectivity index (χ2n) is 3.59. The van der Waals surface area contributed by atoms with Gasteiger partial charge in [-0.1, -0.05) is 24.3 Å². The van der Waals surface area contributed by atoms with Crippen LogP contribution in [0.25, 0.3) is 6.08 Å². The number of hydrogen-bond donors (Lipinski definition) is 1. The third-order valence-corrected chi connectivity index (χ3v) is 2.34. The van der Waals surface area contributed by atoms with Crippen LogP contribution in [0.2, 0.25) is 0 Å². The van der Waals surface area contributed by atoms with Crippen molar-refractivity contribution in [3.8, 4) is 0 Å². The first-order valence-corrected chi connectivity index (χ1v) is 5.21. The summed E-state index contributed by atoms with van der Waals surface area (Å²) in [5.41, 5.74) is 1.28. The van der Waals surface area contributed by atoms with Crippen LogP contribution in [-0.4, -0.2) is 20.6 Å². The molecule has 0 fully saturated rings. The van der Waals surface area contributed by atoms with Gasteiger partial charge >= 0.3 is 5.97 Å². The highest BCUT2D eigenvalue weighted by Gasteiger charge is 1.99. The molecule has 1 heterocycles. The number of nitrogens with zero attached hydrogens (tertiary/aromatic N) is 2. The van der Waals surface area contributed by atoms with Crippen LogP contribution in [0.3, 0.4) is 0 Å². The van der Waals surface area contributed by atoms with Gasteiger partial charge in [0.2, 0.25) is 0 Å². The lowest BCUT2D eigenvalue weighted by Crippen LogP contribution is -1.94. The number of carboxylic acid groups (broad SMARTS) is 1. The Labute approximate surface area is 98.9 Å². The van der Waals surface area contributed by atoms with Crippen molar-refractivity contribution in [2.24, 2.45) is 0 Å².